The van der Waals surface area contributed by atoms with Gasteiger partial charge in [0.05, 0.1) is 11.1 Å². The summed E-state index contributed by atoms with van der Waals surface area (Å²) in [7, 11) is 0. The first-order chi connectivity index (χ1) is 7.25. The molecule has 2 nitrogen and oxygen atoms in total. The minimum absolute atomic E-state index is 0.414. The highest BCUT2D eigenvalue weighted by Gasteiger charge is 2.16. The Morgan fingerprint density at radius 2 is 2.13 bits per heavy atom. The lowest BCUT2D eigenvalue weighted by atomic mass is 10.2. The molecule has 1 aliphatic rings. The SMILES string of the molecule is C[C@@H](O)c1ccc(SC2CCCC2)nc1. The number of pyridine rings is 1. The van der Waals surface area contributed by atoms with E-state index in [0.29, 0.717) is 0 Å². The van der Waals surface area contributed by atoms with E-state index in [9.17, 15) is 5.11 Å². The number of hydrogen-bond acceptors (Lipinski definition) is 3. The summed E-state index contributed by atoms with van der Waals surface area (Å²) in [6.45, 7) is 1.76. The summed E-state index contributed by atoms with van der Waals surface area (Å²) in [5.41, 5.74) is 0.894. The molecule has 0 aliphatic heterocycles. The Morgan fingerprint density at radius 3 is 2.67 bits per heavy atom. The highest BCUT2D eigenvalue weighted by molar-refractivity contribution is 7.99. The summed E-state index contributed by atoms with van der Waals surface area (Å²) in [4.78, 5) is 4.37. The Bertz CT molecular complexity index is 304. The molecule has 2 rings (SSSR count). The maximum atomic E-state index is 9.35. The zero-order chi connectivity index (χ0) is 10.7. The van der Waals surface area contributed by atoms with Gasteiger partial charge in [0.15, 0.2) is 0 Å². The maximum Gasteiger partial charge on any atom is 0.0962 e. The molecule has 0 spiro atoms. The van der Waals surface area contributed by atoms with Gasteiger partial charge in [0.1, 0.15) is 0 Å². The molecule has 1 atom stereocenters. The van der Waals surface area contributed by atoms with Gasteiger partial charge >= 0.3 is 0 Å². The first-order valence-electron chi connectivity index (χ1n) is 5.56. The normalized spacial score (nSPS) is 19.3. The van der Waals surface area contributed by atoms with Gasteiger partial charge in [0.25, 0.3) is 0 Å². The molecule has 0 bridgehead atoms. The first kappa shape index (κ1) is 11.0. The minimum atomic E-state index is -0.414. The molecule has 1 heterocycles. The van der Waals surface area contributed by atoms with Crippen molar-refractivity contribution in [3.8, 4) is 0 Å². The number of rotatable bonds is 3. The molecule has 1 aromatic rings. The predicted molar refractivity (Wildman–Crippen MR) is 63.0 cm³/mol. The highest BCUT2D eigenvalue weighted by atomic mass is 32.2. The third-order valence-corrected chi connectivity index (χ3v) is 4.12. The second-order valence-electron chi connectivity index (χ2n) is 4.13. The van der Waals surface area contributed by atoms with Crippen LogP contribution in [-0.4, -0.2) is 15.3 Å². The van der Waals surface area contributed by atoms with E-state index in [4.69, 9.17) is 0 Å². The molecule has 1 aromatic heterocycles. The number of aliphatic hydroxyl groups excluding tert-OH is 1. The number of hydrogen-bond donors (Lipinski definition) is 1. The number of aliphatic hydroxyl groups is 1. The number of aromatic nitrogens is 1. The third kappa shape index (κ3) is 2.95. The average molecular weight is 223 g/mol. The zero-order valence-electron chi connectivity index (χ0n) is 9.02. The van der Waals surface area contributed by atoms with Crippen LogP contribution in [0.1, 0.15) is 44.3 Å². The van der Waals surface area contributed by atoms with Gasteiger partial charge in [-0.2, -0.15) is 0 Å². The lowest BCUT2D eigenvalue weighted by Crippen LogP contribution is -1.96. The van der Waals surface area contributed by atoms with E-state index >= 15 is 0 Å². The average Bonchev–Trinajstić information content (AvgIpc) is 2.71. The van der Waals surface area contributed by atoms with Crippen molar-refractivity contribution in [1.82, 2.24) is 4.98 Å². The van der Waals surface area contributed by atoms with Crippen LogP contribution in [0.2, 0.25) is 0 Å². The topological polar surface area (TPSA) is 33.1 Å². The van der Waals surface area contributed by atoms with E-state index < -0.39 is 6.10 Å². The molecule has 1 N–H and O–H groups in total. The number of thioether (sulfide) groups is 1. The summed E-state index contributed by atoms with van der Waals surface area (Å²) in [5, 5.41) is 11.2. The lowest BCUT2D eigenvalue weighted by Gasteiger charge is -2.09. The second-order valence-corrected chi connectivity index (χ2v) is 5.45. The van der Waals surface area contributed by atoms with Crippen LogP contribution in [0, 0.1) is 0 Å². The van der Waals surface area contributed by atoms with Crippen LogP contribution in [0.25, 0.3) is 0 Å². The van der Waals surface area contributed by atoms with E-state index in [1.54, 1.807) is 13.1 Å². The third-order valence-electron chi connectivity index (χ3n) is 2.83. The van der Waals surface area contributed by atoms with E-state index in [1.165, 1.54) is 25.7 Å². The Kier molecular flexibility index (Phi) is 3.65. The molecular weight excluding hydrogens is 206 g/mol. The molecule has 0 aromatic carbocycles. The molecule has 0 amide bonds. The molecule has 82 valence electrons. The summed E-state index contributed by atoms with van der Waals surface area (Å²) < 4.78 is 0. The summed E-state index contributed by atoms with van der Waals surface area (Å²) in [5.74, 6) is 0. The van der Waals surface area contributed by atoms with E-state index in [2.05, 4.69) is 4.98 Å². The quantitative estimate of drug-likeness (QED) is 0.854. The van der Waals surface area contributed by atoms with E-state index in [-0.39, 0.29) is 0 Å². The Labute approximate surface area is 95.1 Å². The zero-order valence-corrected chi connectivity index (χ0v) is 9.83. The van der Waals surface area contributed by atoms with Crippen LogP contribution >= 0.6 is 11.8 Å². The first-order valence-corrected chi connectivity index (χ1v) is 6.44. The van der Waals surface area contributed by atoms with Gasteiger partial charge in [-0.3, -0.25) is 0 Å². The molecule has 1 saturated carbocycles. The largest absolute Gasteiger partial charge is 0.389 e. The standard InChI is InChI=1S/C12H17NOS/c1-9(14)10-6-7-12(13-8-10)15-11-4-2-3-5-11/h6-9,11,14H,2-5H2,1H3/t9-/m1/s1. The predicted octanol–water partition coefficient (Wildman–Crippen LogP) is 3.17. The van der Waals surface area contributed by atoms with Crippen molar-refractivity contribution in [3.05, 3.63) is 23.9 Å². The van der Waals surface area contributed by atoms with Crippen LogP contribution in [-0.2, 0) is 0 Å². The van der Waals surface area contributed by atoms with Crippen molar-refractivity contribution in [2.45, 2.75) is 49.0 Å². The maximum absolute atomic E-state index is 9.35. The molecule has 1 aliphatic carbocycles. The summed E-state index contributed by atoms with van der Waals surface area (Å²) in [6.07, 6.45) is 6.74. The van der Waals surface area contributed by atoms with Gasteiger partial charge in [-0.1, -0.05) is 18.9 Å². The highest BCUT2D eigenvalue weighted by Crippen LogP contribution is 2.33. The van der Waals surface area contributed by atoms with Gasteiger partial charge in [0, 0.05) is 11.4 Å². The van der Waals surface area contributed by atoms with Gasteiger partial charge in [-0.05, 0) is 31.4 Å². The van der Waals surface area contributed by atoms with Gasteiger partial charge < -0.3 is 5.11 Å². The minimum Gasteiger partial charge on any atom is -0.389 e. The van der Waals surface area contributed by atoms with Crippen LogP contribution in [0.5, 0.6) is 0 Å². The Hall–Kier alpha value is -0.540. The molecule has 0 unspecified atom stereocenters. The van der Waals surface area contributed by atoms with Gasteiger partial charge in [-0.15, -0.1) is 11.8 Å². The molecule has 3 heteroatoms. The van der Waals surface area contributed by atoms with Crippen LogP contribution in [0.4, 0.5) is 0 Å². The summed E-state index contributed by atoms with van der Waals surface area (Å²) >= 11 is 1.88. The van der Waals surface area contributed by atoms with Crippen molar-refractivity contribution in [2.24, 2.45) is 0 Å². The fourth-order valence-corrected chi connectivity index (χ4v) is 3.06. The Balaban J connectivity index is 1.97. The van der Waals surface area contributed by atoms with Crippen molar-refractivity contribution in [3.63, 3.8) is 0 Å². The number of nitrogens with zero attached hydrogens (tertiary/aromatic N) is 1. The van der Waals surface area contributed by atoms with Crippen molar-refractivity contribution in [2.75, 3.05) is 0 Å². The molecule has 1 fully saturated rings. The van der Waals surface area contributed by atoms with Crippen molar-refractivity contribution >= 4 is 11.8 Å². The van der Waals surface area contributed by atoms with E-state index in [0.717, 1.165) is 15.8 Å². The lowest BCUT2D eigenvalue weighted by molar-refractivity contribution is 0.198. The molecule has 0 saturated heterocycles. The van der Waals surface area contributed by atoms with Crippen molar-refractivity contribution < 1.29 is 5.11 Å². The van der Waals surface area contributed by atoms with Crippen LogP contribution < -0.4 is 0 Å². The molecular formula is C12H17NOS. The molecule has 0 radical (unpaired) electrons. The second kappa shape index (κ2) is 4.99. The van der Waals surface area contributed by atoms with Gasteiger partial charge in [0.2, 0.25) is 0 Å². The van der Waals surface area contributed by atoms with E-state index in [1.807, 2.05) is 23.9 Å². The Morgan fingerprint density at radius 1 is 1.40 bits per heavy atom. The van der Waals surface area contributed by atoms with Crippen molar-refractivity contribution in [1.29, 1.82) is 0 Å². The fourth-order valence-electron chi connectivity index (χ4n) is 1.89. The molecule has 15 heavy (non-hydrogen) atoms. The van der Waals surface area contributed by atoms with Crippen LogP contribution in [0.3, 0.4) is 0 Å². The smallest absolute Gasteiger partial charge is 0.0962 e. The van der Waals surface area contributed by atoms with Gasteiger partial charge in [-0.25, -0.2) is 4.98 Å². The fraction of sp³-hybridized carbons (Fsp3) is 0.583. The van der Waals surface area contributed by atoms with Crippen LogP contribution in [0.15, 0.2) is 23.4 Å². The monoisotopic (exact) mass is 223 g/mol. The summed E-state index contributed by atoms with van der Waals surface area (Å²) in [6, 6.07) is 3.99.